The summed E-state index contributed by atoms with van der Waals surface area (Å²) >= 11 is 0. The van der Waals surface area contributed by atoms with Crippen molar-refractivity contribution < 1.29 is 20.1 Å². The maximum absolute atomic E-state index is 10.5. The molecule has 0 aliphatic heterocycles. The molecule has 18 heavy (non-hydrogen) atoms. The molecule has 0 saturated carbocycles. The Labute approximate surface area is 101 Å². The van der Waals surface area contributed by atoms with Gasteiger partial charge in [-0.3, -0.25) is 4.79 Å². The zero-order valence-corrected chi connectivity index (χ0v) is 9.24. The highest BCUT2D eigenvalue weighted by Gasteiger charge is 2.25. The van der Waals surface area contributed by atoms with Crippen molar-refractivity contribution in [2.45, 2.75) is 18.6 Å². The number of aromatic amines is 1. The van der Waals surface area contributed by atoms with E-state index in [-0.39, 0.29) is 11.4 Å². The topological polar surface area (TPSA) is 145 Å². The number of fused-ring (bicyclic) bond motifs is 1. The van der Waals surface area contributed by atoms with Crippen molar-refractivity contribution in [3.8, 4) is 0 Å². The number of hydrogen-bond donors (Lipinski definition) is 5. The van der Waals surface area contributed by atoms with E-state index in [4.69, 9.17) is 10.8 Å². The van der Waals surface area contributed by atoms with E-state index in [1.807, 2.05) is 0 Å². The highest BCUT2D eigenvalue weighted by Crippen LogP contribution is 2.28. The molecule has 8 nitrogen and oxygen atoms in total. The van der Waals surface area contributed by atoms with E-state index in [2.05, 4.69) is 15.0 Å². The first-order valence-electron chi connectivity index (χ1n) is 5.16. The maximum Gasteiger partial charge on any atom is 0.306 e. The van der Waals surface area contributed by atoms with Crippen molar-refractivity contribution in [2.75, 3.05) is 5.73 Å². The van der Waals surface area contributed by atoms with E-state index < -0.39 is 24.6 Å². The molecule has 2 rings (SSSR count). The average Bonchev–Trinajstić information content (AvgIpc) is 2.72. The van der Waals surface area contributed by atoms with Crippen molar-refractivity contribution >= 4 is 22.8 Å². The van der Waals surface area contributed by atoms with Gasteiger partial charge in [0.15, 0.2) is 0 Å². The largest absolute Gasteiger partial charge is 0.481 e. The van der Waals surface area contributed by atoms with Crippen LogP contribution in [0.1, 0.15) is 18.1 Å². The van der Waals surface area contributed by atoms with Crippen molar-refractivity contribution in [1.29, 1.82) is 0 Å². The lowest BCUT2D eigenvalue weighted by Crippen LogP contribution is -2.21. The predicted molar refractivity (Wildman–Crippen MR) is 61.5 cm³/mol. The lowest BCUT2D eigenvalue weighted by Gasteiger charge is -2.15. The molecular formula is C10H12N4O4. The molecule has 96 valence electrons. The standard InChI is InChI=1S/C10H12N4O4/c11-9-7-4(2-12-10(7)14-3-13-9)8(18)5(15)1-6(16)17/h2-3,5,8,15,18H,1H2,(H,16,17)(H3,11,12,13,14). The van der Waals surface area contributed by atoms with Crippen LogP contribution in [0.2, 0.25) is 0 Å². The number of nitrogens with one attached hydrogen (secondary N) is 1. The highest BCUT2D eigenvalue weighted by atomic mass is 16.4. The summed E-state index contributed by atoms with van der Waals surface area (Å²) in [5, 5.41) is 28.4. The number of aliphatic hydroxyl groups excluding tert-OH is 2. The fraction of sp³-hybridized carbons (Fsp3) is 0.300. The number of aromatic nitrogens is 3. The van der Waals surface area contributed by atoms with Crippen LogP contribution in [0.3, 0.4) is 0 Å². The van der Waals surface area contributed by atoms with Gasteiger partial charge in [-0.2, -0.15) is 0 Å². The number of nitrogen functional groups attached to an aromatic ring is 1. The van der Waals surface area contributed by atoms with Gasteiger partial charge in [0.25, 0.3) is 0 Å². The van der Waals surface area contributed by atoms with Crippen LogP contribution >= 0.6 is 0 Å². The third kappa shape index (κ3) is 2.11. The second-order valence-electron chi connectivity index (χ2n) is 3.84. The molecule has 0 fully saturated rings. The summed E-state index contributed by atoms with van der Waals surface area (Å²) in [6.45, 7) is 0. The Morgan fingerprint density at radius 1 is 1.44 bits per heavy atom. The molecule has 2 aromatic heterocycles. The molecule has 0 bridgehead atoms. The number of carboxylic acids is 1. The number of nitrogens with two attached hydrogens (primary N) is 1. The van der Waals surface area contributed by atoms with Crippen molar-refractivity contribution in [3.63, 3.8) is 0 Å². The highest BCUT2D eigenvalue weighted by molar-refractivity contribution is 5.89. The molecule has 0 saturated heterocycles. The summed E-state index contributed by atoms with van der Waals surface area (Å²) in [7, 11) is 0. The van der Waals surface area contributed by atoms with E-state index >= 15 is 0 Å². The van der Waals surface area contributed by atoms with Crippen LogP contribution in [0.5, 0.6) is 0 Å². The molecule has 0 aliphatic rings. The van der Waals surface area contributed by atoms with E-state index in [0.717, 1.165) is 0 Å². The first-order valence-corrected chi connectivity index (χ1v) is 5.16. The van der Waals surface area contributed by atoms with Gasteiger partial charge < -0.3 is 26.0 Å². The minimum Gasteiger partial charge on any atom is -0.481 e. The van der Waals surface area contributed by atoms with Gasteiger partial charge >= 0.3 is 5.97 Å². The van der Waals surface area contributed by atoms with Gasteiger partial charge in [-0.1, -0.05) is 0 Å². The Balaban J connectivity index is 2.39. The molecular weight excluding hydrogens is 240 g/mol. The van der Waals surface area contributed by atoms with Gasteiger partial charge in [-0.15, -0.1) is 0 Å². The SMILES string of the molecule is Nc1ncnc2[nH]cc(C(O)C(O)CC(=O)O)c12. The average molecular weight is 252 g/mol. The number of aliphatic carboxylic acids is 1. The molecule has 6 N–H and O–H groups in total. The number of carbonyl (C=O) groups is 1. The minimum atomic E-state index is -1.43. The summed E-state index contributed by atoms with van der Waals surface area (Å²) in [4.78, 5) is 20.9. The fourth-order valence-electron chi connectivity index (χ4n) is 1.74. The van der Waals surface area contributed by atoms with E-state index in [9.17, 15) is 15.0 Å². The Morgan fingerprint density at radius 3 is 2.83 bits per heavy atom. The van der Waals surface area contributed by atoms with Gasteiger partial charge in [-0.25, -0.2) is 9.97 Å². The monoisotopic (exact) mass is 252 g/mol. The lowest BCUT2D eigenvalue weighted by atomic mass is 10.0. The van der Waals surface area contributed by atoms with Crippen LogP contribution in [-0.2, 0) is 4.79 Å². The second-order valence-corrected chi connectivity index (χ2v) is 3.84. The molecule has 2 heterocycles. The summed E-state index contributed by atoms with van der Waals surface area (Å²) in [5.74, 6) is -1.05. The zero-order chi connectivity index (χ0) is 13.3. The third-order valence-corrected chi connectivity index (χ3v) is 2.60. The maximum atomic E-state index is 10.5. The summed E-state index contributed by atoms with van der Waals surface area (Å²) < 4.78 is 0. The number of rotatable bonds is 4. The van der Waals surface area contributed by atoms with E-state index in [1.54, 1.807) is 0 Å². The van der Waals surface area contributed by atoms with Crippen molar-refractivity contribution in [3.05, 3.63) is 18.1 Å². The molecule has 8 heteroatoms. The predicted octanol–water partition coefficient (Wildman–Crippen LogP) is -0.591. The zero-order valence-electron chi connectivity index (χ0n) is 9.24. The smallest absolute Gasteiger partial charge is 0.306 e. The molecule has 2 atom stereocenters. The Kier molecular flexibility index (Phi) is 3.13. The van der Waals surface area contributed by atoms with Crippen molar-refractivity contribution in [1.82, 2.24) is 15.0 Å². The molecule has 0 amide bonds. The van der Waals surface area contributed by atoms with Crippen LogP contribution < -0.4 is 5.73 Å². The van der Waals surface area contributed by atoms with Crippen LogP contribution in [0.4, 0.5) is 5.82 Å². The van der Waals surface area contributed by atoms with Gasteiger partial charge in [0.2, 0.25) is 0 Å². The van der Waals surface area contributed by atoms with E-state index in [1.165, 1.54) is 12.5 Å². The summed E-state index contributed by atoms with van der Waals surface area (Å²) in [6.07, 6.45) is -0.686. The Morgan fingerprint density at radius 2 is 2.17 bits per heavy atom. The third-order valence-electron chi connectivity index (χ3n) is 2.60. The van der Waals surface area contributed by atoms with Gasteiger partial charge in [0.1, 0.15) is 23.9 Å². The van der Waals surface area contributed by atoms with E-state index in [0.29, 0.717) is 11.0 Å². The fourth-order valence-corrected chi connectivity index (χ4v) is 1.74. The molecule has 0 aromatic carbocycles. The van der Waals surface area contributed by atoms with Crippen LogP contribution in [-0.4, -0.2) is 42.3 Å². The minimum absolute atomic E-state index is 0.151. The molecule has 0 aliphatic carbocycles. The molecule has 0 spiro atoms. The number of anilines is 1. The van der Waals surface area contributed by atoms with Gasteiger partial charge in [0, 0.05) is 11.8 Å². The number of carboxylic acid groups (broad SMARTS) is 1. The lowest BCUT2D eigenvalue weighted by molar-refractivity contribution is -0.141. The Bertz CT molecular complexity index is 582. The number of hydrogen-bond acceptors (Lipinski definition) is 6. The molecule has 2 aromatic rings. The summed E-state index contributed by atoms with van der Waals surface area (Å²) in [5.41, 5.74) is 6.35. The second kappa shape index (κ2) is 4.59. The molecule has 2 unspecified atom stereocenters. The number of aliphatic hydroxyl groups is 2. The van der Waals surface area contributed by atoms with Gasteiger partial charge in [0.05, 0.1) is 17.9 Å². The number of nitrogens with zero attached hydrogens (tertiary/aromatic N) is 2. The van der Waals surface area contributed by atoms with Crippen molar-refractivity contribution in [2.24, 2.45) is 0 Å². The first-order chi connectivity index (χ1) is 8.50. The van der Waals surface area contributed by atoms with Crippen LogP contribution in [0.15, 0.2) is 12.5 Å². The number of H-pyrrole nitrogens is 1. The van der Waals surface area contributed by atoms with Crippen LogP contribution in [0.25, 0.3) is 11.0 Å². The molecule has 0 radical (unpaired) electrons. The first kappa shape index (κ1) is 12.3. The van der Waals surface area contributed by atoms with Gasteiger partial charge in [-0.05, 0) is 0 Å². The normalized spacial score (nSPS) is 14.6. The quantitative estimate of drug-likeness (QED) is 0.488. The summed E-state index contributed by atoms with van der Waals surface area (Å²) in [6, 6.07) is 0. The Hall–Kier alpha value is -2.19. The van der Waals surface area contributed by atoms with Crippen LogP contribution in [0, 0.1) is 0 Å².